The van der Waals surface area contributed by atoms with E-state index in [0.717, 1.165) is 23.5 Å². The van der Waals surface area contributed by atoms with Crippen LogP contribution in [-0.4, -0.2) is 44.2 Å². The van der Waals surface area contributed by atoms with Crippen molar-refractivity contribution >= 4 is 11.9 Å². The highest BCUT2D eigenvalue weighted by atomic mass is 16.5. The average molecular weight is 348 g/mol. The molecule has 0 unspecified atom stereocenters. The van der Waals surface area contributed by atoms with E-state index in [1.54, 1.807) is 7.05 Å². The molecular weight excluding hydrogens is 320 g/mol. The van der Waals surface area contributed by atoms with Crippen LogP contribution in [0.25, 0.3) is 0 Å². The molecular formula is C18H28N4O3. The van der Waals surface area contributed by atoms with Gasteiger partial charge in [0.2, 0.25) is 5.91 Å². The Morgan fingerprint density at radius 2 is 1.88 bits per heavy atom. The van der Waals surface area contributed by atoms with Crippen LogP contribution in [0.3, 0.4) is 0 Å². The lowest BCUT2D eigenvalue weighted by Gasteiger charge is -2.21. The van der Waals surface area contributed by atoms with Crippen LogP contribution in [0.4, 0.5) is 0 Å². The van der Waals surface area contributed by atoms with Crippen molar-refractivity contribution in [2.45, 2.75) is 39.3 Å². The number of ether oxygens (including phenoxy) is 2. The predicted molar refractivity (Wildman–Crippen MR) is 98.1 cm³/mol. The largest absolute Gasteiger partial charge is 0.490 e. The molecule has 0 atom stereocenters. The quantitative estimate of drug-likeness (QED) is 0.566. The van der Waals surface area contributed by atoms with E-state index < -0.39 is 0 Å². The fraction of sp³-hybridized carbons (Fsp3) is 0.556. The van der Waals surface area contributed by atoms with Crippen molar-refractivity contribution in [3.63, 3.8) is 0 Å². The van der Waals surface area contributed by atoms with Crippen LogP contribution in [0, 0.1) is 0 Å². The van der Waals surface area contributed by atoms with Crippen LogP contribution in [0.2, 0.25) is 0 Å². The third kappa shape index (κ3) is 6.52. The fourth-order valence-electron chi connectivity index (χ4n) is 2.35. The van der Waals surface area contributed by atoms with Crippen LogP contribution < -0.4 is 25.4 Å². The second kappa shape index (κ2) is 8.60. The monoisotopic (exact) mass is 348 g/mol. The summed E-state index contributed by atoms with van der Waals surface area (Å²) in [7, 11) is 1.67. The minimum Gasteiger partial charge on any atom is -0.490 e. The van der Waals surface area contributed by atoms with Crippen LogP contribution in [0.1, 0.15) is 32.8 Å². The van der Waals surface area contributed by atoms with Crippen LogP contribution >= 0.6 is 0 Å². The lowest BCUT2D eigenvalue weighted by molar-refractivity contribution is -0.121. The highest BCUT2D eigenvalue weighted by molar-refractivity contribution is 5.86. The summed E-state index contributed by atoms with van der Waals surface area (Å²) < 4.78 is 11.3. The number of hydrogen-bond acceptors (Lipinski definition) is 4. The molecule has 7 nitrogen and oxygen atoms in total. The van der Waals surface area contributed by atoms with E-state index in [4.69, 9.17) is 9.47 Å². The molecule has 0 aromatic heterocycles. The van der Waals surface area contributed by atoms with Gasteiger partial charge in [-0.05, 0) is 38.5 Å². The minimum atomic E-state index is -0.250. The molecule has 0 fully saturated rings. The van der Waals surface area contributed by atoms with Gasteiger partial charge in [0, 0.05) is 25.6 Å². The summed E-state index contributed by atoms with van der Waals surface area (Å²) >= 11 is 0. The second-order valence-corrected chi connectivity index (χ2v) is 6.91. The molecule has 1 heterocycles. The van der Waals surface area contributed by atoms with Gasteiger partial charge < -0.3 is 25.4 Å². The van der Waals surface area contributed by atoms with E-state index in [0.29, 0.717) is 25.7 Å². The maximum atomic E-state index is 11.9. The number of aliphatic imine (C=N–C) groups is 1. The summed E-state index contributed by atoms with van der Waals surface area (Å²) in [5.41, 5.74) is 0.797. The van der Waals surface area contributed by atoms with Crippen molar-refractivity contribution in [3.05, 3.63) is 23.8 Å². The molecule has 2 rings (SSSR count). The number of nitrogens with one attached hydrogen (secondary N) is 3. The number of hydrogen-bond donors (Lipinski definition) is 3. The van der Waals surface area contributed by atoms with Gasteiger partial charge in [-0.2, -0.15) is 0 Å². The molecule has 1 aromatic rings. The Labute approximate surface area is 149 Å². The zero-order valence-corrected chi connectivity index (χ0v) is 15.4. The summed E-state index contributed by atoms with van der Waals surface area (Å²) in [5.74, 6) is 2.04. The number of carbonyl (C=O) groups excluding carboxylic acids is 1. The molecule has 3 N–H and O–H groups in total. The van der Waals surface area contributed by atoms with Gasteiger partial charge in [0.25, 0.3) is 0 Å². The van der Waals surface area contributed by atoms with E-state index in [1.807, 2.05) is 39.0 Å². The number of nitrogens with zero attached hydrogens (tertiary/aromatic N) is 1. The van der Waals surface area contributed by atoms with Gasteiger partial charge in [0.1, 0.15) is 0 Å². The van der Waals surface area contributed by atoms with E-state index >= 15 is 0 Å². The van der Waals surface area contributed by atoms with E-state index in [9.17, 15) is 4.79 Å². The molecule has 7 heteroatoms. The third-order valence-corrected chi connectivity index (χ3v) is 3.43. The van der Waals surface area contributed by atoms with Crippen molar-refractivity contribution in [3.8, 4) is 11.5 Å². The first kappa shape index (κ1) is 18.9. The molecule has 0 bridgehead atoms. The van der Waals surface area contributed by atoms with Crippen molar-refractivity contribution in [1.82, 2.24) is 16.0 Å². The first-order chi connectivity index (χ1) is 11.9. The first-order valence-electron chi connectivity index (χ1n) is 8.51. The number of amides is 1. The highest BCUT2D eigenvalue weighted by Crippen LogP contribution is 2.30. The standard InChI is InChI=1S/C18H28N4O3/c1-18(2,3)22-16(23)12-21-17(19-4)20-11-13-6-7-14-15(10-13)25-9-5-8-24-14/h6-7,10H,5,8-9,11-12H2,1-4H3,(H,22,23)(H2,19,20,21). The summed E-state index contributed by atoms with van der Waals surface area (Å²) in [6, 6.07) is 5.87. The van der Waals surface area contributed by atoms with Gasteiger partial charge in [0.05, 0.1) is 19.8 Å². The zero-order valence-electron chi connectivity index (χ0n) is 15.4. The Kier molecular flexibility index (Phi) is 6.50. The lowest BCUT2D eigenvalue weighted by Crippen LogP contribution is -2.48. The number of guanidine groups is 1. The molecule has 1 aromatic carbocycles. The van der Waals surface area contributed by atoms with Crippen molar-refractivity contribution in [2.24, 2.45) is 4.99 Å². The topological polar surface area (TPSA) is 84.0 Å². The Morgan fingerprint density at radius 3 is 2.56 bits per heavy atom. The molecule has 1 amide bonds. The highest BCUT2D eigenvalue weighted by Gasteiger charge is 2.14. The SMILES string of the molecule is CN=C(NCC(=O)NC(C)(C)C)NCc1ccc2c(c1)OCCCO2. The maximum Gasteiger partial charge on any atom is 0.239 e. The van der Waals surface area contributed by atoms with Gasteiger partial charge in [-0.25, -0.2) is 0 Å². The van der Waals surface area contributed by atoms with Crippen LogP contribution in [0.15, 0.2) is 23.2 Å². The van der Waals surface area contributed by atoms with E-state index in [-0.39, 0.29) is 18.0 Å². The lowest BCUT2D eigenvalue weighted by atomic mass is 10.1. The number of benzene rings is 1. The Hall–Kier alpha value is -2.44. The summed E-state index contributed by atoms with van der Waals surface area (Å²) in [6.45, 7) is 7.91. The zero-order chi connectivity index (χ0) is 18.3. The number of fused-ring (bicyclic) bond motifs is 1. The Morgan fingerprint density at radius 1 is 1.16 bits per heavy atom. The summed E-state index contributed by atoms with van der Waals surface area (Å²) in [6.07, 6.45) is 0.884. The third-order valence-electron chi connectivity index (χ3n) is 3.43. The Balaban J connectivity index is 1.84. The average Bonchev–Trinajstić information content (AvgIpc) is 2.78. The van der Waals surface area contributed by atoms with Gasteiger partial charge >= 0.3 is 0 Å². The number of rotatable bonds is 4. The molecule has 138 valence electrons. The summed E-state index contributed by atoms with van der Waals surface area (Å²) in [4.78, 5) is 16.0. The van der Waals surface area contributed by atoms with Gasteiger partial charge in [0.15, 0.2) is 17.5 Å². The van der Waals surface area contributed by atoms with Crippen LogP contribution in [0.5, 0.6) is 11.5 Å². The molecule has 25 heavy (non-hydrogen) atoms. The molecule has 0 saturated heterocycles. The van der Waals surface area contributed by atoms with Crippen molar-refractivity contribution in [2.75, 3.05) is 26.8 Å². The molecule has 0 saturated carbocycles. The smallest absolute Gasteiger partial charge is 0.239 e. The second-order valence-electron chi connectivity index (χ2n) is 6.91. The van der Waals surface area contributed by atoms with Gasteiger partial charge in [-0.15, -0.1) is 0 Å². The number of carbonyl (C=O) groups is 1. The van der Waals surface area contributed by atoms with E-state index in [2.05, 4.69) is 20.9 Å². The van der Waals surface area contributed by atoms with Gasteiger partial charge in [-0.1, -0.05) is 6.07 Å². The van der Waals surface area contributed by atoms with Crippen molar-refractivity contribution < 1.29 is 14.3 Å². The predicted octanol–water partition coefficient (Wildman–Crippen LogP) is 1.43. The molecule has 1 aliphatic rings. The minimum absolute atomic E-state index is 0.0778. The molecule has 0 spiro atoms. The van der Waals surface area contributed by atoms with Crippen LogP contribution in [-0.2, 0) is 11.3 Å². The Bertz CT molecular complexity index is 623. The van der Waals surface area contributed by atoms with Crippen molar-refractivity contribution in [1.29, 1.82) is 0 Å². The van der Waals surface area contributed by atoms with E-state index in [1.165, 1.54) is 0 Å². The summed E-state index contributed by atoms with van der Waals surface area (Å²) in [5, 5.41) is 9.09. The fourth-order valence-corrected chi connectivity index (χ4v) is 2.35. The molecule has 0 aliphatic carbocycles. The molecule has 0 radical (unpaired) electrons. The maximum absolute atomic E-state index is 11.9. The van der Waals surface area contributed by atoms with Gasteiger partial charge in [-0.3, -0.25) is 9.79 Å². The normalized spacial score (nSPS) is 14.5. The molecule has 1 aliphatic heterocycles. The first-order valence-corrected chi connectivity index (χ1v) is 8.51.